The molecule has 0 saturated heterocycles. The van der Waals surface area contributed by atoms with Crippen LogP contribution in [0.3, 0.4) is 0 Å². The van der Waals surface area contributed by atoms with Crippen LogP contribution in [-0.2, 0) is 0 Å². The molecule has 0 bridgehead atoms. The summed E-state index contributed by atoms with van der Waals surface area (Å²) in [7, 11) is 0. The third-order valence-electron chi connectivity index (χ3n) is 5.31. The number of nitrogens with one attached hydrogen (secondary N) is 1. The van der Waals surface area contributed by atoms with E-state index in [2.05, 4.69) is 65.4 Å². The molecule has 0 unspecified atom stereocenters. The largest absolute Gasteiger partial charge is 0.363 e. The van der Waals surface area contributed by atoms with E-state index < -0.39 is 0 Å². The first kappa shape index (κ1) is 19.7. The van der Waals surface area contributed by atoms with Gasteiger partial charge in [0.25, 0.3) is 0 Å². The van der Waals surface area contributed by atoms with Gasteiger partial charge in [0.15, 0.2) is 0 Å². The van der Waals surface area contributed by atoms with Crippen LogP contribution in [0, 0.1) is 5.82 Å². The van der Waals surface area contributed by atoms with E-state index in [0.717, 1.165) is 40.7 Å². The summed E-state index contributed by atoms with van der Waals surface area (Å²) in [6.07, 6.45) is 2.89. The molecule has 0 atom stereocenters. The lowest BCUT2D eigenvalue weighted by atomic mass is 10.1. The maximum Gasteiger partial charge on any atom is 0.141 e. The Kier molecular flexibility index (Phi) is 4.81. The molecule has 0 spiro atoms. The Bertz CT molecular complexity index is 1090. The molecule has 2 aromatic rings. The number of hydrogen-bond donors (Lipinski definition) is 1. The van der Waals surface area contributed by atoms with Crippen molar-refractivity contribution in [2.24, 2.45) is 0 Å². The Morgan fingerprint density at radius 3 is 2.70 bits per heavy atom. The van der Waals surface area contributed by atoms with Crippen LogP contribution in [0.2, 0.25) is 0 Å². The first-order chi connectivity index (χ1) is 14.3. The lowest BCUT2D eigenvalue weighted by molar-refractivity contribution is 0.331. The van der Waals surface area contributed by atoms with Crippen molar-refractivity contribution in [2.75, 3.05) is 23.3 Å². The Morgan fingerprint density at radius 1 is 1.30 bits per heavy atom. The number of nitrogens with zero attached hydrogens (tertiary/aromatic N) is 5. The summed E-state index contributed by atoms with van der Waals surface area (Å²) in [6, 6.07) is 5.21. The molecule has 30 heavy (non-hydrogen) atoms. The van der Waals surface area contributed by atoms with Crippen molar-refractivity contribution in [1.82, 2.24) is 19.7 Å². The van der Waals surface area contributed by atoms with Crippen molar-refractivity contribution < 1.29 is 4.39 Å². The zero-order valence-electron chi connectivity index (χ0n) is 17.3. The zero-order valence-corrected chi connectivity index (χ0v) is 17.3. The van der Waals surface area contributed by atoms with Crippen molar-refractivity contribution in [2.45, 2.75) is 19.9 Å². The van der Waals surface area contributed by atoms with E-state index in [4.69, 9.17) is 0 Å². The summed E-state index contributed by atoms with van der Waals surface area (Å²) < 4.78 is 15.0. The van der Waals surface area contributed by atoms with Gasteiger partial charge in [0.1, 0.15) is 17.5 Å². The molecular formula is C23H25FN6. The van der Waals surface area contributed by atoms with Gasteiger partial charge in [-0.25, -0.2) is 14.1 Å². The smallest absolute Gasteiger partial charge is 0.141 e. The maximum absolute atomic E-state index is 13.2. The minimum absolute atomic E-state index is 0.304. The average molecular weight is 404 g/mol. The van der Waals surface area contributed by atoms with E-state index in [9.17, 15) is 4.39 Å². The van der Waals surface area contributed by atoms with Gasteiger partial charge in [0.2, 0.25) is 0 Å². The second-order valence-corrected chi connectivity index (χ2v) is 7.66. The first-order valence-electron chi connectivity index (χ1n) is 9.75. The normalized spacial score (nSPS) is 15.6. The molecule has 4 heterocycles. The average Bonchev–Trinajstić information content (AvgIpc) is 3.29. The van der Waals surface area contributed by atoms with Crippen LogP contribution < -0.4 is 10.2 Å². The van der Waals surface area contributed by atoms with Crippen LogP contribution in [0.4, 0.5) is 16.0 Å². The zero-order chi connectivity index (χ0) is 21.6. The highest BCUT2D eigenvalue weighted by atomic mass is 19.1. The molecule has 2 aliphatic rings. The fourth-order valence-electron chi connectivity index (χ4n) is 3.84. The van der Waals surface area contributed by atoms with E-state index in [1.165, 1.54) is 12.3 Å². The highest BCUT2D eigenvalue weighted by Gasteiger charge is 2.38. The first-order valence-corrected chi connectivity index (χ1v) is 9.75. The van der Waals surface area contributed by atoms with E-state index in [-0.39, 0.29) is 5.82 Å². The lowest BCUT2D eigenvalue weighted by Gasteiger charge is -2.33. The van der Waals surface area contributed by atoms with E-state index in [0.29, 0.717) is 24.1 Å². The molecular weight excluding hydrogens is 379 g/mol. The van der Waals surface area contributed by atoms with Crippen molar-refractivity contribution in [3.05, 3.63) is 84.9 Å². The molecule has 154 valence electrons. The number of halogens is 1. The van der Waals surface area contributed by atoms with Crippen LogP contribution in [0.1, 0.15) is 19.5 Å². The van der Waals surface area contributed by atoms with Gasteiger partial charge in [-0.3, -0.25) is 0 Å². The van der Waals surface area contributed by atoms with Gasteiger partial charge < -0.3 is 15.1 Å². The van der Waals surface area contributed by atoms with Gasteiger partial charge in [-0.1, -0.05) is 26.3 Å². The summed E-state index contributed by atoms with van der Waals surface area (Å²) in [6.45, 7) is 22.1. The summed E-state index contributed by atoms with van der Waals surface area (Å²) in [4.78, 5) is 8.44. The highest BCUT2D eigenvalue weighted by molar-refractivity contribution is 5.80. The Hall–Kier alpha value is -3.61. The minimum atomic E-state index is -0.382. The number of pyridine rings is 1. The molecule has 0 fully saturated rings. The fourth-order valence-corrected chi connectivity index (χ4v) is 3.84. The number of fused-ring (bicyclic) bond motifs is 1. The molecule has 4 rings (SSSR count). The second kappa shape index (κ2) is 7.33. The van der Waals surface area contributed by atoms with Crippen LogP contribution in [0.5, 0.6) is 0 Å². The molecule has 0 saturated carbocycles. The van der Waals surface area contributed by atoms with Gasteiger partial charge in [0, 0.05) is 29.9 Å². The Labute approximate surface area is 176 Å². The number of rotatable bonds is 6. The third-order valence-corrected chi connectivity index (χ3v) is 5.31. The Morgan fingerprint density at radius 2 is 2.07 bits per heavy atom. The predicted octanol–water partition coefficient (Wildman–Crippen LogP) is 4.47. The molecule has 6 nitrogen and oxygen atoms in total. The SMILES string of the molecule is C=Cc1cc2n(n1)C(=C)C1=C(C(=C)N(C(C)C)C1)N2CC(=C)Nc1ccc(F)cn1. The van der Waals surface area contributed by atoms with Crippen LogP contribution in [0.15, 0.2) is 73.4 Å². The van der Waals surface area contributed by atoms with Gasteiger partial charge >= 0.3 is 0 Å². The van der Waals surface area contributed by atoms with Crippen LogP contribution >= 0.6 is 0 Å². The van der Waals surface area contributed by atoms with E-state index in [1.807, 2.05) is 10.7 Å². The highest BCUT2D eigenvalue weighted by Crippen LogP contribution is 2.43. The molecule has 0 amide bonds. The Balaban J connectivity index is 1.69. The summed E-state index contributed by atoms with van der Waals surface area (Å²) in [5.74, 6) is 1.02. The van der Waals surface area contributed by atoms with Crippen LogP contribution in [-0.4, -0.2) is 38.8 Å². The number of anilines is 2. The monoisotopic (exact) mass is 404 g/mol. The van der Waals surface area contributed by atoms with Crippen molar-refractivity contribution >= 4 is 23.4 Å². The quantitative estimate of drug-likeness (QED) is 0.770. The van der Waals surface area contributed by atoms with E-state index >= 15 is 0 Å². The molecule has 0 aliphatic carbocycles. The van der Waals surface area contributed by atoms with Crippen molar-refractivity contribution in [1.29, 1.82) is 0 Å². The maximum atomic E-state index is 13.2. The van der Waals surface area contributed by atoms with Crippen LogP contribution in [0.25, 0.3) is 11.8 Å². The molecule has 1 N–H and O–H groups in total. The van der Waals surface area contributed by atoms with Gasteiger partial charge in [0.05, 0.1) is 35.5 Å². The van der Waals surface area contributed by atoms with Crippen molar-refractivity contribution in [3.8, 4) is 0 Å². The second-order valence-electron chi connectivity index (χ2n) is 7.66. The molecule has 7 heteroatoms. The molecule has 2 aromatic heterocycles. The van der Waals surface area contributed by atoms with Crippen molar-refractivity contribution in [3.63, 3.8) is 0 Å². The van der Waals surface area contributed by atoms with Gasteiger partial charge in [-0.15, -0.1) is 0 Å². The third kappa shape index (κ3) is 3.22. The van der Waals surface area contributed by atoms with E-state index in [1.54, 1.807) is 12.1 Å². The lowest BCUT2D eigenvalue weighted by Crippen LogP contribution is -2.34. The van der Waals surface area contributed by atoms with Gasteiger partial charge in [-0.05, 0) is 32.1 Å². The summed E-state index contributed by atoms with van der Waals surface area (Å²) >= 11 is 0. The molecule has 0 aromatic carbocycles. The topological polar surface area (TPSA) is 49.2 Å². The number of aromatic nitrogens is 3. The standard InChI is InChI=1S/C23H25FN6/c1-7-19-10-22-29(12-15(4)26-21-9-8-18(24)11-25-21)23-17(6)28(14(2)3)13-20(23)16(5)30(22)27-19/h7-11,14H,1,4-6,12-13H2,2-3H3,(H,25,26). The minimum Gasteiger partial charge on any atom is -0.363 e. The number of hydrogen-bond acceptors (Lipinski definition) is 5. The predicted molar refractivity (Wildman–Crippen MR) is 120 cm³/mol. The summed E-state index contributed by atoms with van der Waals surface area (Å²) in [5, 5.41) is 7.78. The fraction of sp³-hybridized carbons (Fsp3) is 0.217. The molecule has 0 radical (unpaired) electrons. The summed E-state index contributed by atoms with van der Waals surface area (Å²) in [5.41, 5.74) is 5.37. The molecule has 2 aliphatic heterocycles. The van der Waals surface area contributed by atoms with Gasteiger partial charge in [-0.2, -0.15) is 5.10 Å².